The zero-order valence-electron chi connectivity index (χ0n) is 10.2. The standard InChI is InChI=1S/C13H18Cl2N2/c1-16-5-2-6-17(8-7-16)10-11-3-4-12(14)9-13(11)15/h3-4,9H,2,5-8,10H2,1H3/p+2. The minimum absolute atomic E-state index is 0.716. The van der Waals surface area contributed by atoms with Crippen molar-refractivity contribution in [3.05, 3.63) is 33.8 Å². The first-order valence-electron chi connectivity index (χ1n) is 6.24. The van der Waals surface area contributed by atoms with Crippen LogP contribution in [0.1, 0.15) is 12.0 Å². The van der Waals surface area contributed by atoms with E-state index in [1.165, 1.54) is 38.2 Å². The van der Waals surface area contributed by atoms with E-state index in [-0.39, 0.29) is 0 Å². The maximum absolute atomic E-state index is 6.22. The Bertz CT molecular complexity index is 382. The summed E-state index contributed by atoms with van der Waals surface area (Å²) in [6, 6.07) is 5.82. The summed E-state index contributed by atoms with van der Waals surface area (Å²) in [6.07, 6.45) is 1.30. The zero-order chi connectivity index (χ0) is 12.3. The van der Waals surface area contributed by atoms with E-state index in [0.29, 0.717) is 5.02 Å². The number of hydrogen-bond acceptors (Lipinski definition) is 0. The van der Waals surface area contributed by atoms with Gasteiger partial charge in [0.05, 0.1) is 25.2 Å². The maximum Gasteiger partial charge on any atom is 0.127 e. The van der Waals surface area contributed by atoms with E-state index in [0.717, 1.165) is 11.6 Å². The van der Waals surface area contributed by atoms with Crippen molar-refractivity contribution < 1.29 is 9.80 Å². The summed E-state index contributed by atoms with van der Waals surface area (Å²) in [5, 5.41) is 1.52. The van der Waals surface area contributed by atoms with Crippen molar-refractivity contribution in [2.45, 2.75) is 13.0 Å². The lowest BCUT2D eigenvalue weighted by Crippen LogP contribution is -3.15. The van der Waals surface area contributed by atoms with E-state index in [9.17, 15) is 0 Å². The quantitative estimate of drug-likeness (QED) is 0.768. The molecule has 94 valence electrons. The molecule has 2 rings (SSSR count). The second-order valence-corrected chi connectivity index (χ2v) is 5.82. The lowest BCUT2D eigenvalue weighted by Gasteiger charge is -2.17. The third-order valence-corrected chi connectivity index (χ3v) is 4.08. The molecule has 17 heavy (non-hydrogen) atoms. The molecule has 1 fully saturated rings. The summed E-state index contributed by atoms with van der Waals surface area (Å²) in [7, 11) is 2.28. The first-order chi connectivity index (χ1) is 8.15. The lowest BCUT2D eigenvalue weighted by atomic mass is 10.2. The molecule has 0 spiro atoms. The highest BCUT2D eigenvalue weighted by Crippen LogP contribution is 2.20. The topological polar surface area (TPSA) is 8.88 Å². The molecule has 1 aromatic rings. The molecule has 1 aliphatic rings. The molecule has 0 saturated carbocycles. The fourth-order valence-electron chi connectivity index (χ4n) is 2.39. The largest absolute Gasteiger partial charge is 0.333 e. The number of halogens is 2. The molecule has 2 N–H and O–H groups in total. The van der Waals surface area contributed by atoms with Gasteiger partial charge in [-0.2, -0.15) is 0 Å². The van der Waals surface area contributed by atoms with Crippen LogP contribution in [0.4, 0.5) is 0 Å². The Morgan fingerprint density at radius 1 is 1.12 bits per heavy atom. The minimum atomic E-state index is 0.716. The fraction of sp³-hybridized carbons (Fsp3) is 0.538. The fourth-order valence-corrected chi connectivity index (χ4v) is 2.87. The molecule has 0 aromatic heterocycles. The number of rotatable bonds is 2. The van der Waals surface area contributed by atoms with E-state index in [4.69, 9.17) is 23.2 Å². The van der Waals surface area contributed by atoms with Gasteiger partial charge >= 0.3 is 0 Å². The first kappa shape index (κ1) is 13.2. The Kier molecular flexibility index (Phi) is 4.69. The van der Waals surface area contributed by atoms with Crippen molar-refractivity contribution in [2.24, 2.45) is 0 Å². The second kappa shape index (κ2) is 6.05. The molecule has 2 nitrogen and oxygen atoms in total. The molecular formula is C13H20Cl2N2+2. The van der Waals surface area contributed by atoms with Crippen LogP contribution in [-0.2, 0) is 6.54 Å². The number of quaternary nitrogens is 2. The van der Waals surface area contributed by atoms with Gasteiger partial charge < -0.3 is 9.80 Å². The van der Waals surface area contributed by atoms with Gasteiger partial charge in [-0.25, -0.2) is 0 Å². The third-order valence-electron chi connectivity index (χ3n) is 3.49. The normalized spacial score (nSPS) is 25.6. The average molecular weight is 275 g/mol. The molecule has 1 aliphatic heterocycles. The summed E-state index contributed by atoms with van der Waals surface area (Å²) in [4.78, 5) is 3.27. The van der Waals surface area contributed by atoms with E-state index in [1.807, 2.05) is 12.1 Å². The van der Waals surface area contributed by atoms with Gasteiger partial charge in [0.15, 0.2) is 0 Å². The molecule has 0 aliphatic carbocycles. The molecule has 1 heterocycles. The van der Waals surface area contributed by atoms with Crippen LogP contribution in [0.15, 0.2) is 18.2 Å². The highest BCUT2D eigenvalue weighted by Gasteiger charge is 2.18. The summed E-state index contributed by atoms with van der Waals surface area (Å²) in [5.74, 6) is 0. The van der Waals surface area contributed by atoms with Gasteiger partial charge in [-0.15, -0.1) is 0 Å². The van der Waals surface area contributed by atoms with Crippen LogP contribution in [0.3, 0.4) is 0 Å². The number of benzene rings is 1. The van der Waals surface area contributed by atoms with Crippen LogP contribution in [0.25, 0.3) is 0 Å². The first-order valence-corrected chi connectivity index (χ1v) is 6.99. The predicted molar refractivity (Wildman–Crippen MR) is 72.1 cm³/mol. The smallest absolute Gasteiger partial charge is 0.127 e. The Balaban J connectivity index is 2.00. The Labute approximate surface area is 113 Å². The molecule has 4 heteroatoms. The molecule has 0 amide bonds. The number of likely N-dealkylation sites (N-methyl/N-ethyl adjacent to an activating group) is 1. The summed E-state index contributed by atoms with van der Waals surface area (Å²) < 4.78 is 0. The minimum Gasteiger partial charge on any atom is -0.333 e. The predicted octanol–water partition coefficient (Wildman–Crippen LogP) is 0.297. The van der Waals surface area contributed by atoms with Gasteiger partial charge in [0.25, 0.3) is 0 Å². The second-order valence-electron chi connectivity index (χ2n) is 4.97. The highest BCUT2D eigenvalue weighted by atomic mass is 35.5. The molecule has 2 atom stereocenters. The summed E-state index contributed by atoms with van der Waals surface area (Å²) >= 11 is 12.1. The van der Waals surface area contributed by atoms with Crippen LogP contribution in [-0.4, -0.2) is 33.2 Å². The van der Waals surface area contributed by atoms with E-state index >= 15 is 0 Å². The Morgan fingerprint density at radius 2 is 1.94 bits per heavy atom. The van der Waals surface area contributed by atoms with Gasteiger partial charge in [-0.3, -0.25) is 0 Å². The third kappa shape index (κ3) is 3.85. The van der Waals surface area contributed by atoms with Crippen LogP contribution in [0.5, 0.6) is 0 Å². The number of hydrogen-bond donors (Lipinski definition) is 2. The highest BCUT2D eigenvalue weighted by molar-refractivity contribution is 6.35. The Morgan fingerprint density at radius 3 is 2.71 bits per heavy atom. The maximum atomic E-state index is 6.22. The van der Waals surface area contributed by atoms with Crippen molar-refractivity contribution >= 4 is 23.2 Å². The zero-order valence-corrected chi connectivity index (χ0v) is 11.7. The number of nitrogens with one attached hydrogen (secondary N) is 2. The van der Waals surface area contributed by atoms with Gasteiger partial charge in [-0.05, 0) is 12.1 Å². The van der Waals surface area contributed by atoms with Crippen LogP contribution >= 0.6 is 23.2 Å². The van der Waals surface area contributed by atoms with Crippen molar-refractivity contribution in [3.8, 4) is 0 Å². The summed E-state index contributed by atoms with van der Waals surface area (Å²) in [6.45, 7) is 6.03. The van der Waals surface area contributed by atoms with Crippen LogP contribution in [0.2, 0.25) is 10.0 Å². The van der Waals surface area contributed by atoms with Crippen molar-refractivity contribution in [2.75, 3.05) is 33.2 Å². The monoisotopic (exact) mass is 274 g/mol. The Hall–Kier alpha value is -0.280. The van der Waals surface area contributed by atoms with Gasteiger partial charge in [0.1, 0.15) is 19.6 Å². The molecule has 1 saturated heterocycles. The van der Waals surface area contributed by atoms with Crippen molar-refractivity contribution in [1.29, 1.82) is 0 Å². The van der Waals surface area contributed by atoms with Crippen LogP contribution in [0, 0.1) is 0 Å². The van der Waals surface area contributed by atoms with Gasteiger partial charge in [0.2, 0.25) is 0 Å². The van der Waals surface area contributed by atoms with Gasteiger partial charge in [0, 0.05) is 17.0 Å². The van der Waals surface area contributed by atoms with E-state index in [1.54, 1.807) is 9.80 Å². The molecule has 0 radical (unpaired) electrons. The van der Waals surface area contributed by atoms with Gasteiger partial charge in [-0.1, -0.05) is 29.3 Å². The SMILES string of the molecule is C[NH+]1CCC[NH+](Cc2ccc(Cl)cc2Cl)CC1. The van der Waals surface area contributed by atoms with E-state index < -0.39 is 0 Å². The summed E-state index contributed by atoms with van der Waals surface area (Å²) in [5.41, 5.74) is 1.21. The molecule has 2 unspecified atom stereocenters. The van der Waals surface area contributed by atoms with Crippen molar-refractivity contribution in [1.82, 2.24) is 0 Å². The van der Waals surface area contributed by atoms with Crippen molar-refractivity contribution in [3.63, 3.8) is 0 Å². The molecule has 0 bridgehead atoms. The van der Waals surface area contributed by atoms with Crippen LogP contribution < -0.4 is 9.80 Å². The van der Waals surface area contributed by atoms with E-state index in [2.05, 4.69) is 13.1 Å². The lowest BCUT2D eigenvalue weighted by molar-refractivity contribution is -0.938. The average Bonchev–Trinajstić information content (AvgIpc) is 2.48. The molecular weight excluding hydrogens is 255 g/mol. The molecule has 1 aromatic carbocycles.